The van der Waals surface area contributed by atoms with Gasteiger partial charge in [0.1, 0.15) is 11.3 Å². The molecule has 1 aromatic heterocycles. The van der Waals surface area contributed by atoms with Gasteiger partial charge in [-0.15, -0.1) is 0 Å². The SMILES string of the molecule is C/C(=N/Nc1ccc(C)c(Cl)c1)c1cc2ccccc2o1. The van der Waals surface area contributed by atoms with Crippen molar-refractivity contribution in [2.75, 3.05) is 5.43 Å². The first-order chi connectivity index (χ1) is 10.1. The number of nitrogens with zero attached hydrogens (tertiary/aromatic N) is 1. The van der Waals surface area contributed by atoms with Gasteiger partial charge in [0.2, 0.25) is 0 Å². The molecule has 4 heteroatoms. The summed E-state index contributed by atoms with van der Waals surface area (Å²) in [4.78, 5) is 0. The summed E-state index contributed by atoms with van der Waals surface area (Å²) in [6, 6.07) is 15.6. The van der Waals surface area contributed by atoms with Gasteiger partial charge in [-0.3, -0.25) is 5.43 Å². The summed E-state index contributed by atoms with van der Waals surface area (Å²) >= 11 is 6.09. The highest BCUT2D eigenvalue weighted by atomic mass is 35.5. The van der Waals surface area contributed by atoms with Gasteiger partial charge in [-0.25, -0.2) is 0 Å². The first-order valence-corrected chi connectivity index (χ1v) is 7.07. The van der Waals surface area contributed by atoms with Crippen LogP contribution in [0.4, 0.5) is 5.69 Å². The fourth-order valence-corrected chi connectivity index (χ4v) is 2.21. The molecule has 106 valence electrons. The fraction of sp³-hybridized carbons (Fsp3) is 0.118. The zero-order valence-electron chi connectivity index (χ0n) is 11.9. The number of halogens is 1. The molecule has 0 aliphatic heterocycles. The van der Waals surface area contributed by atoms with Crippen LogP contribution in [0.3, 0.4) is 0 Å². The van der Waals surface area contributed by atoms with E-state index < -0.39 is 0 Å². The summed E-state index contributed by atoms with van der Waals surface area (Å²) in [6.45, 7) is 3.87. The minimum absolute atomic E-state index is 0.719. The van der Waals surface area contributed by atoms with Crippen LogP contribution in [0, 0.1) is 6.92 Å². The van der Waals surface area contributed by atoms with Crippen molar-refractivity contribution in [3.8, 4) is 0 Å². The third-order valence-corrected chi connectivity index (χ3v) is 3.71. The molecule has 3 rings (SSSR count). The Morgan fingerprint density at radius 3 is 2.71 bits per heavy atom. The minimum atomic E-state index is 0.719. The fourth-order valence-electron chi connectivity index (χ4n) is 2.03. The highest BCUT2D eigenvalue weighted by molar-refractivity contribution is 6.31. The van der Waals surface area contributed by atoms with Gasteiger partial charge in [-0.1, -0.05) is 35.9 Å². The van der Waals surface area contributed by atoms with Gasteiger partial charge in [0.15, 0.2) is 5.76 Å². The molecule has 21 heavy (non-hydrogen) atoms. The largest absolute Gasteiger partial charge is 0.455 e. The van der Waals surface area contributed by atoms with E-state index in [9.17, 15) is 0 Å². The van der Waals surface area contributed by atoms with Crippen LogP contribution >= 0.6 is 11.6 Å². The molecule has 0 aliphatic carbocycles. The highest BCUT2D eigenvalue weighted by Crippen LogP contribution is 2.21. The van der Waals surface area contributed by atoms with Crippen LogP contribution in [0.5, 0.6) is 0 Å². The Balaban J connectivity index is 1.83. The van der Waals surface area contributed by atoms with Crippen molar-refractivity contribution >= 4 is 34.0 Å². The average Bonchev–Trinajstić information content (AvgIpc) is 2.92. The van der Waals surface area contributed by atoms with Gasteiger partial charge in [-0.2, -0.15) is 5.10 Å². The molecular formula is C17H15ClN2O. The molecule has 0 fully saturated rings. The monoisotopic (exact) mass is 298 g/mol. The lowest BCUT2D eigenvalue weighted by Crippen LogP contribution is -1.98. The molecule has 0 bridgehead atoms. The quantitative estimate of drug-likeness (QED) is 0.531. The van der Waals surface area contributed by atoms with E-state index in [1.807, 2.05) is 62.4 Å². The molecule has 0 spiro atoms. The second kappa shape index (κ2) is 5.62. The molecule has 0 saturated heterocycles. The Morgan fingerprint density at radius 1 is 1.14 bits per heavy atom. The second-order valence-corrected chi connectivity index (χ2v) is 5.33. The van der Waals surface area contributed by atoms with E-state index in [0.717, 1.165) is 38.7 Å². The molecule has 1 N–H and O–H groups in total. The molecule has 3 nitrogen and oxygen atoms in total. The zero-order chi connectivity index (χ0) is 14.8. The third kappa shape index (κ3) is 2.93. The molecule has 0 unspecified atom stereocenters. The lowest BCUT2D eigenvalue weighted by molar-refractivity contribution is 0.604. The number of para-hydroxylation sites is 1. The molecular weight excluding hydrogens is 284 g/mol. The third-order valence-electron chi connectivity index (χ3n) is 3.31. The summed E-state index contributed by atoms with van der Waals surface area (Å²) in [5.41, 5.74) is 6.53. The van der Waals surface area contributed by atoms with Crippen LogP contribution in [0.25, 0.3) is 11.0 Å². The number of anilines is 1. The molecule has 0 radical (unpaired) electrons. The number of hydrogen-bond donors (Lipinski definition) is 1. The van der Waals surface area contributed by atoms with Gasteiger partial charge in [-0.05, 0) is 43.7 Å². The van der Waals surface area contributed by atoms with Crippen LogP contribution in [-0.2, 0) is 0 Å². The minimum Gasteiger partial charge on any atom is -0.455 e. The Morgan fingerprint density at radius 2 is 1.95 bits per heavy atom. The van der Waals surface area contributed by atoms with Crippen molar-refractivity contribution in [3.63, 3.8) is 0 Å². The van der Waals surface area contributed by atoms with E-state index in [0.29, 0.717) is 0 Å². The van der Waals surface area contributed by atoms with Crippen molar-refractivity contribution in [1.29, 1.82) is 0 Å². The Hall–Kier alpha value is -2.26. The number of aryl methyl sites for hydroxylation is 1. The van der Waals surface area contributed by atoms with Crippen LogP contribution in [-0.4, -0.2) is 5.71 Å². The summed E-state index contributed by atoms with van der Waals surface area (Å²) in [5.74, 6) is 0.752. The normalized spacial score (nSPS) is 11.9. The topological polar surface area (TPSA) is 37.5 Å². The van der Waals surface area contributed by atoms with Crippen molar-refractivity contribution in [1.82, 2.24) is 0 Å². The van der Waals surface area contributed by atoms with Crippen molar-refractivity contribution in [2.24, 2.45) is 5.10 Å². The van der Waals surface area contributed by atoms with E-state index in [1.54, 1.807) is 0 Å². The predicted molar refractivity (Wildman–Crippen MR) is 88.2 cm³/mol. The van der Waals surface area contributed by atoms with E-state index in [2.05, 4.69) is 10.5 Å². The van der Waals surface area contributed by atoms with Gasteiger partial charge < -0.3 is 4.42 Å². The number of hydrazone groups is 1. The van der Waals surface area contributed by atoms with Crippen molar-refractivity contribution in [3.05, 3.63) is 64.9 Å². The van der Waals surface area contributed by atoms with Gasteiger partial charge >= 0.3 is 0 Å². The van der Waals surface area contributed by atoms with Gasteiger partial charge in [0.25, 0.3) is 0 Å². The summed E-state index contributed by atoms with van der Waals surface area (Å²) < 4.78 is 5.76. The maximum Gasteiger partial charge on any atom is 0.151 e. The molecule has 0 amide bonds. The Bertz CT molecular complexity index is 788. The number of benzene rings is 2. The van der Waals surface area contributed by atoms with Gasteiger partial charge in [0, 0.05) is 10.4 Å². The second-order valence-electron chi connectivity index (χ2n) is 4.92. The molecule has 0 saturated carbocycles. The molecule has 0 atom stereocenters. The van der Waals surface area contributed by atoms with Crippen LogP contribution < -0.4 is 5.43 Å². The Labute approximate surface area is 128 Å². The molecule has 1 heterocycles. The number of furan rings is 1. The number of nitrogens with one attached hydrogen (secondary N) is 1. The molecule has 3 aromatic rings. The first-order valence-electron chi connectivity index (χ1n) is 6.69. The summed E-state index contributed by atoms with van der Waals surface area (Å²) in [5, 5.41) is 6.13. The number of hydrogen-bond acceptors (Lipinski definition) is 3. The van der Waals surface area contributed by atoms with Crippen molar-refractivity contribution in [2.45, 2.75) is 13.8 Å². The average molecular weight is 299 g/mol. The summed E-state index contributed by atoms with van der Waals surface area (Å²) in [7, 11) is 0. The number of rotatable bonds is 3. The van der Waals surface area contributed by atoms with Gasteiger partial charge in [0.05, 0.1) is 5.69 Å². The molecule has 0 aliphatic rings. The van der Waals surface area contributed by atoms with Crippen LogP contribution in [0.2, 0.25) is 5.02 Å². The number of fused-ring (bicyclic) bond motifs is 1. The first kappa shape index (κ1) is 13.7. The lowest BCUT2D eigenvalue weighted by Gasteiger charge is -2.04. The standard InChI is InChI=1S/C17H15ClN2O/c1-11-7-8-14(10-15(11)18)20-19-12(2)17-9-13-5-3-4-6-16(13)21-17/h3-10,20H,1-2H3/b19-12-. The van der Waals surface area contributed by atoms with E-state index in [-0.39, 0.29) is 0 Å². The zero-order valence-corrected chi connectivity index (χ0v) is 12.6. The van der Waals surface area contributed by atoms with E-state index in [4.69, 9.17) is 16.0 Å². The van der Waals surface area contributed by atoms with Crippen molar-refractivity contribution < 1.29 is 4.42 Å². The lowest BCUT2D eigenvalue weighted by atomic mass is 10.2. The maximum absolute atomic E-state index is 6.09. The molecule has 2 aromatic carbocycles. The summed E-state index contributed by atoms with van der Waals surface area (Å²) in [6.07, 6.45) is 0. The van der Waals surface area contributed by atoms with Crippen LogP contribution in [0.15, 0.2) is 58.0 Å². The maximum atomic E-state index is 6.09. The van der Waals surface area contributed by atoms with E-state index >= 15 is 0 Å². The van der Waals surface area contributed by atoms with Crippen LogP contribution in [0.1, 0.15) is 18.2 Å². The Kier molecular flexibility index (Phi) is 3.67. The smallest absolute Gasteiger partial charge is 0.151 e. The predicted octanol–water partition coefficient (Wildman–Crippen LogP) is 5.23. The van der Waals surface area contributed by atoms with E-state index in [1.165, 1.54) is 0 Å². The highest BCUT2D eigenvalue weighted by Gasteiger charge is 2.06.